The van der Waals surface area contributed by atoms with Crippen LogP contribution in [0.1, 0.15) is 32.6 Å². The molecule has 120 valence electrons. The van der Waals surface area contributed by atoms with E-state index in [0.717, 1.165) is 25.7 Å². The van der Waals surface area contributed by atoms with Gasteiger partial charge in [-0.15, -0.1) is 0 Å². The van der Waals surface area contributed by atoms with Crippen LogP contribution in [-0.2, 0) is 9.59 Å². The van der Waals surface area contributed by atoms with Gasteiger partial charge in [0.2, 0.25) is 5.91 Å². The van der Waals surface area contributed by atoms with Crippen LogP contribution >= 0.6 is 0 Å². The minimum absolute atomic E-state index is 0.102. The van der Waals surface area contributed by atoms with E-state index in [2.05, 4.69) is 5.32 Å². The molecule has 1 aliphatic rings. The average Bonchev–Trinajstić information content (AvgIpc) is 3.00. The number of nitrogen functional groups attached to an aromatic ring is 1. The summed E-state index contributed by atoms with van der Waals surface area (Å²) in [6, 6.07) is 8.69. The van der Waals surface area contributed by atoms with E-state index in [4.69, 9.17) is 5.73 Å². The molecule has 0 radical (unpaired) electrons. The van der Waals surface area contributed by atoms with Gasteiger partial charge in [0.25, 0.3) is 5.91 Å². The topological polar surface area (TPSA) is 99.2 Å². The molecule has 1 saturated carbocycles. The second-order valence-corrected chi connectivity index (χ2v) is 5.59. The number of nitrogens with one attached hydrogen (secondary N) is 1. The maximum atomic E-state index is 12.2. The van der Waals surface area contributed by atoms with Crippen molar-refractivity contribution in [3.63, 3.8) is 0 Å². The zero-order chi connectivity index (χ0) is 16.8. The average molecular weight is 312 g/mol. The molecule has 1 fully saturated rings. The van der Waals surface area contributed by atoms with E-state index >= 15 is 0 Å². The van der Waals surface area contributed by atoms with Crippen LogP contribution < -0.4 is 16.0 Å². The quantitative estimate of drug-likeness (QED) is 0.505. The van der Waals surface area contributed by atoms with Crippen molar-refractivity contribution >= 4 is 23.2 Å². The zero-order valence-corrected chi connectivity index (χ0v) is 13.1. The Morgan fingerprint density at radius 2 is 2.09 bits per heavy atom. The monoisotopic (exact) mass is 312 g/mol. The van der Waals surface area contributed by atoms with Crippen LogP contribution in [0, 0.1) is 11.3 Å². The molecule has 0 heterocycles. The number of amides is 2. The number of anilines is 2. The standard InChI is InChI=1S/C17H20N4O2/c1-12(22)21(16-8-4-5-14(19)9-16)11-13(10-18)17(23)20-15-6-2-3-7-15/h4-5,8-9,11,15H,2-3,6-7,19H2,1H3,(H,20,23)/b13-11-. The first-order valence-electron chi connectivity index (χ1n) is 7.59. The third-order valence-corrected chi connectivity index (χ3v) is 3.80. The van der Waals surface area contributed by atoms with Gasteiger partial charge < -0.3 is 11.1 Å². The summed E-state index contributed by atoms with van der Waals surface area (Å²) < 4.78 is 0. The van der Waals surface area contributed by atoms with Crippen molar-refractivity contribution in [2.75, 3.05) is 10.6 Å². The Morgan fingerprint density at radius 1 is 1.39 bits per heavy atom. The van der Waals surface area contributed by atoms with Crippen molar-refractivity contribution in [2.45, 2.75) is 38.6 Å². The lowest BCUT2D eigenvalue weighted by molar-refractivity contribution is -0.117. The minimum atomic E-state index is -0.449. The van der Waals surface area contributed by atoms with E-state index in [-0.39, 0.29) is 17.5 Å². The summed E-state index contributed by atoms with van der Waals surface area (Å²) in [4.78, 5) is 25.3. The van der Waals surface area contributed by atoms with Gasteiger partial charge >= 0.3 is 0 Å². The highest BCUT2D eigenvalue weighted by Gasteiger charge is 2.20. The number of nitrogens with zero attached hydrogens (tertiary/aromatic N) is 2. The fraction of sp³-hybridized carbons (Fsp3) is 0.353. The molecule has 2 rings (SSSR count). The molecular formula is C17H20N4O2. The van der Waals surface area contributed by atoms with Gasteiger partial charge in [0.15, 0.2) is 0 Å². The van der Waals surface area contributed by atoms with Crippen LogP contribution in [0.5, 0.6) is 0 Å². The molecule has 0 spiro atoms. The third kappa shape index (κ3) is 4.33. The Morgan fingerprint density at radius 3 is 2.65 bits per heavy atom. The molecule has 0 unspecified atom stereocenters. The fourth-order valence-corrected chi connectivity index (χ4v) is 2.62. The number of nitriles is 1. The number of rotatable bonds is 4. The maximum Gasteiger partial charge on any atom is 0.263 e. The summed E-state index contributed by atoms with van der Waals surface area (Å²) in [5, 5.41) is 12.1. The number of hydrogen-bond acceptors (Lipinski definition) is 4. The van der Waals surface area contributed by atoms with Gasteiger partial charge in [0.1, 0.15) is 11.6 Å². The molecule has 6 nitrogen and oxygen atoms in total. The van der Waals surface area contributed by atoms with Gasteiger partial charge in [-0.1, -0.05) is 18.9 Å². The predicted molar refractivity (Wildman–Crippen MR) is 88.1 cm³/mol. The first-order chi connectivity index (χ1) is 11.0. The Bertz CT molecular complexity index is 669. The van der Waals surface area contributed by atoms with Gasteiger partial charge in [-0.2, -0.15) is 5.26 Å². The largest absolute Gasteiger partial charge is 0.399 e. The van der Waals surface area contributed by atoms with Gasteiger partial charge in [-0.05, 0) is 31.0 Å². The van der Waals surface area contributed by atoms with Gasteiger partial charge in [-0.3, -0.25) is 14.5 Å². The van der Waals surface area contributed by atoms with E-state index in [0.29, 0.717) is 11.4 Å². The van der Waals surface area contributed by atoms with E-state index in [1.165, 1.54) is 18.0 Å². The highest BCUT2D eigenvalue weighted by atomic mass is 16.2. The first-order valence-corrected chi connectivity index (χ1v) is 7.59. The van der Waals surface area contributed by atoms with Crippen molar-refractivity contribution in [3.8, 4) is 6.07 Å². The Balaban J connectivity index is 2.23. The van der Waals surface area contributed by atoms with E-state index in [1.807, 2.05) is 6.07 Å². The second kappa shape index (κ2) is 7.45. The lowest BCUT2D eigenvalue weighted by Crippen LogP contribution is -2.34. The highest BCUT2D eigenvalue weighted by Crippen LogP contribution is 2.20. The molecule has 1 aromatic rings. The number of hydrogen-bond donors (Lipinski definition) is 2. The lowest BCUT2D eigenvalue weighted by atomic mass is 10.2. The molecule has 0 saturated heterocycles. The van der Waals surface area contributed by atoms with Crippen molar-refractivity contribution in [3.05, 3.63) is 36.0 Å². The molecule has 3 N–H and O–H groups in total. The van der Waals surface area contributed by atoms with Crippen LogP contribution in [0.2, 0.25) is 0 Å². The summed E-state index contributed by atoms with van der Waals surface area (Å²) in [6.45, 7) is 1.36. The van der Waals surface area contributed by atoms with Gasteiger partial charge in [0.05, 0.1) is 5.69 Å². The SMILES string of the molecule is CC(=O)N(/C=C(/C#N)C(=O)NC1CCCC1)c1cccc(N)c1. The summed E-state index contributed by atoms with van der Waals surface area (Å²) in [5.41, 5.74) is 6.63. The van der Waals surface area contributed by atoms with E-state index in [1.54, 1.807) is 24.3 Å². The third-order valence-electron chi connectivity index (χ3n) is 3.80. The van der Waals surface area contributed by atoms with Crippen LogP contribution in [0.4, 0.5) is 11.4 Å². The number of carbonyl (C=O) groups excluding carboxylic acids is 2. The normalized spacial score (nSPS) is 15.0. The molecule has 23 heavy (non-hydrogen) atoms. The lowest BCUT2D eigenvalue weighted by Gasteiger charge is -2.18. The zero-order valence-electron chi connectivity index (χ0n) is 13.1. The van der Waals surface area contributed by atoms with Crippen LogP contribution in [0.25, 0.3) is 0 Å². The highest BCUT2D eigenvalue weighted by molar-refractivity contribution is 6.01. The van der Waals surface area contributed by atoms with Crippen molar-refractivity contribution in [1.29, 1.82) is 5.26 Å². The molecule has 1 aromatic carbocycles. The Hall–Kier alpha value is -2.81. The number of carbonyl (C=O) groups is 2. The molecule has 2 amide bonds. The predicted octanol–water partition coefficient (Wildman–Crippen LogP) is 2.09. The summed E-state index contributed by atoms with van der Waals surface area (Å²) >= 11 is 0. The van der Waals surface area contributed by atoms with Crippen LogP contribution in [-0.4, -0.2) is 17.9 Å². The van der Waals surface area contributed by atoms with Crippen molar-refractivity contribution in [1.82, 2.24) is 5.32 Å². The molecule has 0 bridgehead atoms. The first kappa shape index (κ1) is 16.6. The molecule has 0 aliphatic heterocycles. The molecule has 1 aliphatic carbocycles. The fourth-order valence-electron chi connectivity index (χ4n) is 2.62. The van der Waals surface area contributed by atoms with Crippen molar-refractivity contribution < 1.29 is 9.59 Å². The van der Waals surface area contributed by atoms with Crippen LogP contribution in [0.3, 0.4) is 0 Å². The molecule has 0 atom stereocenters. The Labute approximate surface area is 135 Å². The molecular weight excluding hydrogens is 292 g/mol. The maximum absolute atomic E-state index is 12.2. The summed E-state index contributed by atoms with van der Waals surface area (Å²) in [5.74, 6) is -0.758. The van der Waals surface area contributed by atoms with E-state index in [9.17, 15) is 14.9 Å². The molecule has 6 heteroatoms. The number of benzene rings is 1. The van der Waals surface area contributed by atoms with E-state index < -0.39 is 5.91 Å². The Kier molecular flexibility index (Phi) is 5.36. The molecule has 0 aromatic heterocycles. The summed E-state index contributed by atoms with van der Waals surface area (Å²) in [7, 11) is 0. The van der Waals surface area contributed by atoms with Gasteiger partial charge in [-0.25, -0.2) is 0 Å². The number of nitrogens with two attached hydrogens (primary N) is 1. The van der Waals surface area contributed by atoms with Crippen molar-refractivity contribution in [2.24, 2.45) is 0 Å². The smallest absolute Gasteiger partial charge is 0.263 e. The van der Waals surface area contributed by atoms with Gasteiger partial charge in [0, 0.05) is 24.9 Å². The minimum Gasteiger partial charge on any atom is -0.399 e. The summed E-state index contributed by atoms with van der Waals surface area (Å²) in [6.07, 6.45) is 5.28. The second-order valence-electron chi connectivity index (χ2n) is 5.59. The van der Waals surface area contributed by atoms with Crippen LogP contribution in [0.15, 0.2) is 36.0 Å².